The molecule has 0 amide bonds. The predicted octanol–water partition coefficient (Wildman–Crippen LogP) is 3.62. The van der Waals surface area contributed by atoms with Gasteiger partial charge in [-0.05, 0) is 25.1 Å². The molecule has 0 bridgehead atoms. The van der Waals surface area contributed by atoms with E-state index in [1.807, 2.05) is 13.8 Å². The quantitative estimate of drug-likeness (QED) is 0.834. The highest BCUT2D eigenvalue weighted by atomic mass is 35.5. The van der Waals surface area contributed by atoms with Crippen LogP contribution in [0.25, 0.3) is 0 Å². The summed E-state index contributed by atoms with van der Waals surface area (Å²) in [7, 11) is 0. The molecule has 3 nitrogen and oxygen atoms in total. The van der Waals surface area contributed by atoms with Gasteiger partial charge in [0.05, 0.1) is 10.7 Å². The molecule has 20 heavy (non-hydrogen) atoms. The van der Waals surface area contributed by atoms with Gasteiger partial charge in [0, 0.05) is 13.1 Å². The van der Waals surface area contributed by atoms with E-state index in [2.05, 4.69) is 10.3 Å². The van der Waals surface area contributed by atoms with Crippen molar-refractivity contribution in [3.8, 4) is 0 Å². The summed E-state index contributed by atoms with van der Waals surface area (Å²) in [4.78, 5) is 5.47. The van der Waals surface area contributed by atoms with E-state index in [0.29, 0.717) is 36.0 Å². The van der Waals surface area contributed by atoms with E-state index in [0.717, 1.165) is 6.54 Å². The second kappa shape index (κ2) is 7.69. The molecule has 1 aromatic rings. The van der Waals surface area contributed by atoms with Gasteiger partial charge < -0.3 is 10.2 Å². The maximum absolute atomic E-state index is 12.6. The van der Waals surface area contributed by atoms with E-state index in [-0.39, 0.29) is 0 Å². The van der Waals surface area contributed by atoms with E-state index in [1.54, 1.807) is 6.07 Å². The van der Waals surface area contributed by atoms with Gasteiger partial charge in [-0.3, -0.25) is 0 Å². The molecule has 1 rings (SSSR count). The Morgan fingerprint density at radius 3 is 2.55 bits per heavy atom. The van der Waals surface area contributed by atoms with E-state index in [9.17, 15) is 13.2 Å². The Kier molecular flexibility index (Phi) is 6.55. The SMILES string of the molecule is CCCN(CC(F)(F)F)c1ccc(Cl)c(CNCC)n1. The second-order valence-electron chi connectivity index (χ2n) is 4.42. The third-order valence-electron chi connectivity index (χ3n) is 2.63. The van der Waals surface area contributed by atoms with Crippen LogP contribution in [0, 0.1) is 0 Å². The molecule has 0 aliphatic rings. The lowest BCUT2D eigenvalue weighted by atomic mass is 10.3. The lowest BCUT2D eigenvalue weighted by Gasteiger charge is -2.25. The van der Waals surface area contributed by atoms with Crippen molar-refractivity contribution in [2.24, 2.45) is 0 Å². The number of nitrogens with one attached hydrogen (secondary N) is 1. The molecule has 0 saturated carbocycles. The van der Waals surface area contributed by atoms with Gasteiger partial charge in [0.15, 0.2) is 0 Å². The van der Waals surface area contributed by atoms with E-state index in [1.165, 1.54) is 11.0 Å². The Hall–Kier alpha value is -1.01. The maximum atomic E-state index is 12.6. The van der Waals surface area contributed by atoms with Gasteiger partial charge in [-0.15, -0.1) is 0 Å². The summed E-state index contributed by atoms with van der Waals surface area (Å²) in [6.45, 7) is 4.24. The number of nitrogens with zero attached hydrogens (tertiary/aromatic N) is 2. The second-order valence-corrected chi connectivity index (χ2v) is 4.82. The van der Waals surface area contributed by atoms with Crippen molar-refractivity contribution in [1.82, 2.24) is 10.3 Å². The standard InChI is InChI=1S/C13H19ClF3N3/c1-3-7-20(9-13(15,16)17)12-6-5-10(14)11(19-12)8-18-4-2/h5-6,18H,3-4,7-9H2,1-2H3. The number of anilines is 1. The highest BCUT2D eigenvalue weighted by Gasteiger charge is 2.31. The highest BCUT2D eigenvalue weighted by Crippen LogP contribution is 2.23. The monoisotopic (exact) mass is 309 g/mol. The lowest BCUT2D eigenvalue weighted by molar-refractivity contribution is -0.119. The summed E-state index contributed by atoms with van der Waals surface area (Å²) in [6.07, 6.45) is -3.64. The van der Waals surface area contributed by atoms with Crippen molar-refractivity contribution in [3.05, 3.63) is 22.8 Å². The molecule has 0 fully saturated rings. The molecule has 0 aliphatic heterocycles. The predicted molar refractivity (Wildman–Crippen MR) is 75.2 cm³/mol. The highest BCUT2D eigenvalue weighted by molar-refractivity contribution is 6.31. The molecule has 0 radical (unpaired) electrons. The molecular weight excluding hydrogens is 291 g/mol. The van der Waals surface area contributed by atoms with E-state index < -0.39 is 12.7 Å². The van der Waals surface area contributed by atoms with Crippen LogP contribution in [0.3, 0.4) is 0 Å². The third kappa shape index (κ3) is 5.54. The van der Waals surface area contributed by atoms with Crippen LogP contribution in [0.15, 0.2) is 12.1 Å². The average molecular weight is 310 g/mol. The molecule has 0 saturated heterocycles. The largest absolute Gasteiger partial charge is 0.405 e. The summed E-state index contributed by atoms with van der Waals surface area (Å²) in [5.41, 5.74) is 0.564. The Labute approximate surface area is 122 Å². The fraction of sp³-hybridized carbons (Fsp3) is 0.615. The van der Waals surface area contributed by atoms with Crippen molar-refractivity contribution in [3.63, 3.8) is 0 Å². The molecule has 1 aromatic heterocycles. The Bertz CT molecular complexity index is 424. The first kappa shape index (κ1) is 17.0. The first-order valence-corrected chi connectivity index (χ1v) is 6.93. The van der Waals surface area contributed by atoms with Gasteiger partial charge in [-0.2, -0.15) is 13.2 Å². The smallest absolute Gasteiger partial charge is 0.348 e. The first-order valence-electron chi connectivity index (χ1n) is 6.55. The zero-order chi connectivity index (χ0) is 15.2. The van der Waals surface area contributed by atoms with Crippen molar-refractivity contribution >= 4 is 17.4 Å². The number of hydrogen-bond donors (Lipinski definition) is 1. The Balaban J connectivity index is 2.95. The zero-order valence-electron chi connectivity index (χ0n) is 11.6. The van der Waals surface area contributed by atoms with Crippen molar-refractivity contribution in [2.45, 2.75) is 33.0 Å². The Morgan fingerprint density at radius 2 is 2.00 bits per heavy atom. The van der Waals surface area contributed by atoms with Crippen LogP contribution in [-0.4, -0.2) is 30.8 Å². The third-order valence-corrected chi connectivity index (χ3v) is 2.98. The van der Waals surface area contributed by atoms with Gasteiger partial charge in [0.2, 0.25) is 0 Å². The minimum absolute atomic E-state index is 0.300. The summed E-state index contributed by atoms with van der Waals surface area (Å²) in [5.74, 6) is 0.307. The first-order chi connectivity index (χ1) is 9.37. The topological polar surface area (TPSA) is 28.2 Å². The summed E-state index contributed by atoms with van der Waals surface area (Å²) in [5, 5.41) is 3.52. The van der Waals surface area contributed by atoms with Gasteiger partial charge in [-0.1, -0.05) is 25.4 Å². The van der Waals surface area contributed by atoms with Crippen molar-refractivity contribution in [2.75, 3.05) is 24.5 Å². The molecule has 0 atom stereocenters. The van der Waals surface area contributed by atoms with Crippen LogP contribution >= 0.6 is 11.6 Å². The molecule has 114 valence electrons. The van der Waals surface area contributed by atoms with Crippen LogP contribution in [0.5, 0.6) is 0 Å². The molecule has 0 aliphatic carbocycles. The summed E-state index contributed by atoms with van der Waals surface area (Å²) < 4.78 is 37.8. The number of aromatic nitrogens is 1. The fourth-order valence-electron chi connectivity index (χ4n) is 1.78. The molecule has 0 spiro atoms. The minimum Gasteiger partial charge on any atom is -0.348 e. The molecule has 7 heteroatoms. The minimum atomic E-state index is -4.25. The number of alkyl halides is 3. The lowest BCUT2D eigenvalue weighted by Crippen LogP contribution is -2.35. The number of rotatable bonds is 7. The molecule has 0 aromatic carbocycles. The maximum Gasteiger partial charge on any atom is 0.405 e. The molecule has 1 N–H and O–H groups in total. The Morgan fingerprint density at radius 1 is 1.30 bits per heavy atom. The van der Waals surface area contributed by atoms with Crippen molar-refractivity contribution in [1.29, 1.82) is 0 Å². The summed E-state index contributed by atoms with van der Waals surface area (Å²) in [6, 6.07) is 3.12. The van der Waals surface area contributed by atoms with Gasteiger partial charge in [0.1, 0.15) is 12.4 Å². The summed E-state index contributed by atoms with van der Waals surface area (Å²) >= 11 is 6.00. The fourth-order valence-corrected chi connectivity index (χ4v) is 1.95. The molecule has 0 unspecified atom stereocenters. The normalized spacial score (nSPS) is 11.7. The van der Waals surface area contributed by atoms with Crippen LogP contribution in [0.1, 0.15) is 26.0 Å². The molecular formula is C13H19ClF3N3. The molecule has 1 heterocycles. The van der Waals surface area contributed by atoms with Crippen LogP contribution in [0.4, 0.5) is 19.0 Å². The number of pyridine rings is 1. The van der Waals surface area contributed by atoms with Gasteiger partial charge >= 0.3 is 6.18 Å². The van der Waals surface area contributed by atoms with Crippen LogP contribution < -0.4 is 10.2 Å². The van der Waals surface area contributed by atoms with Crippen LogP contribution in [-0.2, 0) is 6.54 Å². The zero-order valence-corrected chi connectivity index (χ0v) is 12.4. The van der Waals surface area contributed by atoms with E-state index >= 15 is 0 Å². The number of halogens is 4. The average Bonchev–Trinajstić information content (AvgIpc) is 2.36. The van der Waals surface area contributed by atoms with Gasteiger partial charge in [0.25, 0.3) is 0 Å². The van der Waals surface area contributed by atoms with Gasteiger partial charge in [-0.25, -0.2) is 4.98 Å². The number of hydrogen-bond acceptors (Lipinski definition) is 3. The van der Waals surface area contributed by atoms with Crippen molar-refractivity contribution < 1.29 is 13.2 Å². The van der Waals surface area contributed by atoms with E-state index in [4.69, 9.17) is 11.6 Å². The van der Waals surface area contributed by atoms with Crippen LogP contribution in [0.2, 0.25) is 5.02 Å².